The van der Waals surface area contributed by atoms with E-state index in [0.29, 0.717) is 16.8 Å². The van der Waals surface area contributed by atoms with Crippen LogP contribution in [0.2, 0.25) is 0 Å². The summed E-state index contributed by atoms with van der Waals surface area (Å²) in [6, 6.07) is 18.0. The van der Waals surface area contributed by atoms with Crippen LogP contribution in [-0.4, -0.2) is 26.8 Å². The number of sulfonamides is 1. The average molecular weight is 544 g/mol. The highest BCUT2D eigenvalue weighted by Gasteiger charge is 2.22. The molecule has 0 heterocycles. The van der Waals surface area contributed by atoms with Gasteiger partial charge in [-0.15, -0.1) is 0 Å². The van der Waals surface area contributed by atoms with Crippen molar-refractivity contribution >= 4 is 43.4 Å². The fourth-order valence-electron chi connectivity index (χ4n) is 3.17. The molecule has 0 spiro atoms. The van der Waals surface area contributed by atoms with Crippen LogP contribution in [0, 0.1) is 6.92 Å². The first-order valence-electron chi connectivity index (χ1n) is 10.6. The number of aryl methyl sites for hydroxylation is 1. The average Bonchev–Trinajstić information content (AvgIpc) is 2.77. The number of Topliss-reactive ketones (excluding diaryl/α,β-unsaturated/α-hetero) is 1. The number of benzene rings is 3. The molecular weight excluding hydrogens is 518 g/mol. The second kappa shape index (κ2) is 10.1. The summed E-state index contributed by atoms with van der Waals surface area (Å²) in [6.45, 7) is 7.41. The summed E-state index contributed by atoms with van der Waals surface area (Å²) >= 11 is 3.30. The van der Waals surface area contributed by atoms with Gasteiger partial charge in [-0.1, -0.05) is 61.0 Å². The van der Waals surface area contributed by atoms with Crippen molar-refractivity contribution in [2.45, 2.75) is 38.0 Å². The molecule has 0 aliphatic rings. The molecule has 0 aliphatic heterocycles. The van der Waals surface area contributed by atoms with Crippen LogP contribution in [0.3, 0.4) is 0 Å². The van der Waals surface area contributed by atoms with Gasteiger partial charge in [-0.05, 0) is 65.9 Å². The molecule has 0 aliphatic carbocycles. The smallest absolute Gasteiger partial charge is 0.338 e. The van der Waals surface area contributed by atoms with Gasteiger partial charge in [0.1, 0.15) is 0 Å². The molecule has 0 fully saturated rings. The molecule has 1 N–H and O–H groups in total. The fraction of sp³-hybridized carbons (Fsp3) is 0.231. The van der Waals surface area contributed by atoms with E-state index >= 15 is 0 Å². The maximum absolute atomic E-state index is 13.0. The quantitative estimate of drug-likeness (QED) is 0.296. The molecule has 0 aromatic heterocycles. The van der Waals surface area contributed by atoms with E-state index in [1.807, 2.05) is 26.8 Å². The first-order valence-corrected chi connectivity index (χ1v) is 12.8. The molecule has 0 atom stereocenters. The minimum Gasteiger partial charge on any atom is -0.454 e. The number of carbonyl (C=O) groups is 2. The number of carbonyl (C=O) groups excluding carboxylic acids is 2. The maximum Gasteiger partial charge on any atom is 0.338 e. The van der Waals surface area contributed by atoms with E-state index in [0.717, 1.165) is 10.0 Å². The number of ether oxygens (including phenoxy) is 1. The summed E-state index contributed by atoms with van der Waals surface area (Å²) in [5.74, 6) is -0.994. The number of esters is 1. The van der Waals surface area contributed by atoms with E-state index < -0.39 is 22.6 Å². The van der Waals surface area contributed by atoms with E-state index in [1.54, 1.807) is 43.3 Å². The van der Waals surface area contributed by atoms with Crippen LogP contribution in [0.15, 0.2) is 76.1 Å². The number of anilines is 1. The molecule has 34 heavy (non-hydrogen) atoms. The molecule has 0 amide bonds. The monoisotopic (exact) mass is 543 g/mol. The molecule has 0 unspecified atom stereocenters. The van der Waals surface area contributed by atoms with E-state index in [9.17, 15) is 18.0 Å². The SMILES string of the molecule is Cc1ccc(C(C)(C)C)cc1S(=O)(=O)Nc1ccc(C(=O)OCC(=O)c2ccc(Br)cc2)cc1. The minimum atomic E-state index is -3.83. The summed E-state index contributed by atoms with van der Waals surface area (Å²) in [5.41, 5.74) is 2.30. The molecule has 3 aromatic rings. The molecule has 0 saturated heterocycles. The lowest BCUT2D eigenvalue weighted by atomic mass is 9.87. The first-order chi connectivity index (χ1) is 15.9. The Hall–Kier alpha value is -2.97. The first kappa shape index (κ1) is 25.6. The van der Waals surface area contributed by atoms with Crippen molar-refractivity contribution < 1.29 is 22.7 Å². The van der Waals surface area contributed by atoms with Gasteiger partial charge in [-0.25, -0.2) is 13.2 Å². The van der Waals surface area contributed by atoms with Crippen LogP contribution in [-0.2, 0) is 20.2 Å². The molecule has 8 heteroatoms. The Morgan fingerprint density at radius 2 is 1.50 bits per heavy atom. The van der Waals surface area contributed by atoms with Gasteiger partial charge in [0.2, 0.25) is 0 Å². The number of ketones is 1. The summed E-state index contributed by atoms with van der Waals surface area (Å²) in [5, 5.41) is 0. The fourth-order valence-corrected chi connectivity index (χ4v) is 4.77. The van der Waals surface area contributed by atoms with Crippen LogP contribution >= 0.6 is 15.9 Å². The molecule has 3 rings (SSSR count). The van der Waals surface area contributed by atoms with Gasteiger partial charge in [0.25, 0.3) is 10.0 Å². The number of nitrogens with one attached hydrogen (secondary N) is 1. The Morgan fingerprint density at radius 3 is 2.09 bits per heavy atom. The Balaban J connectivity index is 1.68. The summed E-state index contributed by atoms with van der Waals surface area (Å²) < 4.78 is 34.5. The van der Waals surface area contributed by atoms with Gasteiger partial charge in [-0.2, -0.15) is 0 Å². The topological polar surface area (TPSA) is 89.5 Å². The Kier molecular flexibility index (Phi) is 7.63. The van der Waals surface area contributed by atoms with Gasteiger partial charge in [0.05, 0.1) is 10.5 Å². The maximum atomic E-state index is 13.0. The summed E-state index contributed by atoms with van der Waals surface area (Å²) in [4.78, 5) is 24.7. The lowest BCUT2D eigenvalue weighted by Gasteiger charge is -2.21. The van der Waals surface area contributed by atoms with Crippen molar-refractivity contribution in [1.29, 1.82) is 0 Å². The number of halogens is 1. The number of rotatable bonds is 7. The van der Waals surface area contributed by atoms with Gasteiger partial charge >= 0.3 is 5.97 Å². The van der Waals surface area contributed by atoms with Crippen molar-refractivity contribution in [2.24, 2.45) is 0 Å². The highest BCUT2D eigenvalue weighted by molar-refractivity contribution is 9.10. The van der Waals surface area contributed by atoms with E-state index in [4.69, 9.17) is 4.74 Å². The molecule has 178 valence electrons. The minimum absolute atomic E-state index is 0.196. The molecule has 0 radical (unpaired) electrons. The van der Waals surface area contributed by atoms with Crippen molar-refractivity contribution in [3.63, 3.8) is 0 Å². The number of hydrogen-bond acceptors (Lipinski definition) is 5. The van der Waals surface area contributed by atoms with Crippen LogP contribution in [0.5, 0.6) is 0 Å². The van der Waals surface area contributed by atoms with Gasteiger partial charge < -0.3 is 4.74 Å². The van der Waals surface area contributed by atoms with E-state index in [1.165, 1.54) is 24.3 Å². The van der Waals surface area contributed by atoms with Gasteiger partial charge in [0.15, 0.2) is 12.4 Å². The Labute approximate surface area is 208 Å². The van der Waals surface area contributed by atoms with E-state index in [-0.39, 0.29) is 21.7 Å². The zero-order valence-corrected chi connectivity index (χ0v) is 21.8. The predicted molar refractivity (Wildman–Crippen MR) is 136 cm³/mol. The van der Waals surface area contributed by atoms with Crippen molar-refractivity contribution in [2.75, 3.05) is 11.3 Å². The highest BCUT2D eigenvalue weighted by atomic mass is 79.9. The standard InChI is InChI=1S/C26H26BrNO5S/c1-17-5-10-20(26(2,3)4)15-24(17)34(31,32)28-22-13-8-19(9-14-22)25(30)33-16-23(29)18-6-11-21(27)12-7-18/h5-15,28H,16H2,1-4H3. The summed E-state index contributed by atoms with van der Waals surface area (Å²) in [6.07, 6.45) is 0. The molecule has 6 nitrogen and oxygen atoms in total. The van der Waals surface area contributed by atoms with Crippen molar-refractivity contribution in [3.05, 3.63) is 93.5 Å². The van der Waals surface area contributed by atoms with Gasteiger partial charge in [0, 0.05) is 15.7 Å². The second-order valence-electron chi connectivity index (χ2n) is 8.92. The highest BCUT2D eigenvalue weighted by Crippen LogP contribution is 2.28. The van der Waals surface area contributed by atoms with Crippen molar-refractivity contribution in [1.82, 2.24) is 0 Å². The van der Waals surface area contributed by atoms with E-state index in [2.05, 4.69) is 20.7 Å². The lowest BCUT2D eigenvalue weighted by molar-refractivity contribution is 0.0475. The second-order valence-corrected chi connectivity index (χ2v) is 11.5. The summed E-state index contributed by atoms with van der Waals surface area (Å²) in [7, 11) is -3.83. The predicted octanol–water partition coefficient (Wildman–Crippen LogP) is 5.90. The van der Waals surface area contributed by atoms with Crippen molar-refractivity contribution in [3.8, 4) is 0 Å². The van der Waals surface area contributed by atoms with Crippen LogP contribution < -0.4 is 4.72 Å². The third-order valence-electron chi connectivity index (χ3n) is 5.22. The van der Waals surface area contributed by atoms with Gasteiger partial charge in [-0.3, -0.25) is 9.52 Å². The zero-order chi connectivity index (χ0) is 25.1. The molecular formula is C26H26BrNO5S. The molecule has 0 bridgehead atoms. The lowest BCUT2D eigenvalue weighted by Crippen LogP contribution is -2.17. The normalized spacial score (nSPS) is 11.7. The molecule has 0 saturated carbocycles. The molecule has 3 aromatic carbocycles. The third kappa shape index (κ3) is 6.33. The van der Waals surface area contributed by atoms with Crippen LogP contribution in [0.4, 0.5) is 5.69 Å². The van der Waals surface area contributed by atoms with Crippen LogP contribution in [0.1, 0.15) is 52.6 Å². The largest absolute Gasteiger partial charge is 0.454 e. The zero-order valence-electron chi connectivity index (χ0n) is 19.4. The van der Waals surface area contributed by atoms with Crippen LogP contribution in [0.25, 0.3) is 0 Å². The Bertz CT molecular complexity index is 1310. The Morgan fingerprint density at radius 1 is 0.912 bits per heavy atom. The number of hydrogen-bond donors (Lipinski definition) is 1. The third-order valence-corrected chi connectivity index (χ3v) is 7.27.